The molecule has 1 N–H and O–H groups in total. The monoisotopic (exact) mass is 273 g/mol. The van der Waals surface area contributed by atoms with Crippen molar-refractivity contribution in [2.75, 3.05) is 0 Å². The molecule has 0 aromatic heterocycles. The van der Waals surface area contributed by atoms with Crippen LogP contribution in [0, 0.1) is 5.92 Å². The molecular formula is C12H23NO4Si. The quantitative estimate of drug-likeness (QED) is 0.588. The van der Waals surface area contributed by atoms with E-state index in [4.69, 9.17) is 4.43 Å². The lowest BCUT2D eigenvalue weighted by Gasteiger charge is -2.26. The van der Waals surface area contributed by atoms with E-state index in [0.29, 0.717) is 6.42 Å². The molecule has 18 heavy (non-hydrogen) atoms. The zero-order chi connectivity index (χ0) is 14.5. The molecule has 0 aromatic carbocycles. The average Bonchev–Trinajstić information content (AvgIpc) is 2.21. The van der Waals surface area contributed by atoms with E-state index in [0.717, 1.165) is 0 Å². The van der Waals surface area contributed by atoms with Gasteiger partial charge in [-0.2, -0.15) is 0 Å². The van der Waals surface area contributed by atoms with Gasteiger partial charge in [-0.15, -0.1) is 0 Å². The van der Waals surface area contributed by atoms with Crippen LogP contribution < -0.4 is 5.32 Å². The largest absolute Gasteiger partial charge is 0.518 e. The van der Waals surface area contributed by atoms with Crippen LogP contribution in [0.5, 0.6) is 0 Å². The first-order valence-corrected chi connectivity index (χ1v) is 9.53. The predicted molar refractivity (Wildman–Crippen MR) is 71.5 cm³/mol. The lowest BCUT2D eigenvalue weighted by molar-refractivity contribution is -0.143. The molecule has 1 amide bonds. The standard InChI is InChI=1S/C12H23NO4Si/c1-7-8(2)10(13-11(15)9(3)14)12(16)17-18(4,5)6/h8,10H,7H2,1-6H3,(H,13,15). The Labute approximate surface area is 109 Å². The van der Waals surface area contributed by atoms with E-state index in [1.54, 1.807) is 0 Å². The Kier molecular flexibility index (Phi) is 6.24. The zero-order valence-electron chi connectivity index (χ0n) is 12.0. The van der Waals surface area contributed by atoms with Crippen molar-refractivity contribution in [1.82, 2.24) is 5.32 Å². The Hall–Kier alpha value is -1.17. The molecule has 0 heterocycles. The topological polar surface area (TPSA) is 72.5 Å². The van der Waals surface area contributed by atoms with Crippen molar-refractivity contribution in [2.45, 2.75) is 52.9 Å². The first kappa shape index (κ1) is 16.8. The summed E-state index contributed by atoms with van der Waals surface area (Å²) in [6, 6.07) is -0.752. The normalized spacial score (nSPS) is 14.6. The summed E-state index contributed by atoms with van der Waals surface area (Å²) >= 11 is 0. The SMILES string of the molecule is CCC(C)C(NC(=O)C(C)=O)C(=O)O[Si](C)(C)C. The number of hydrogen-bond donors (Lipinski definition) is 1. The van der Waals surface area contributed by atoms with E-state index >= 15 is 0 Å². The van der Waals surface area contributed by atoms with E-state index in [2.05, 4.69) is 5.32 Å². The van der Waals surface area contributed by atoms with E-state index in [1.807, 2.05) is 33.5 Å². The van der Waals surface area contributed by atoms with Gasteiger partial charge in [0.05, 0.1) is 0 Å². The molecule has 2 atom stereocenters. The van der Waals surface area contributed by atoms with Crippen molar-refractivity contribution in [3.05, 3.63) is 0 Å². The summed E-state index contributed by atoms with van der Waals surface area (Å²) in [6.45, 7) is 10.6. The smallest absolute Gasteiger partial charge is 0.315 e. The fourth-order valence-corrected chi connectivity index (χ4v) is 2.01. The first-order chi connectivity index (χ1) is 8.08. The minimum absolute atomic E-state index is 0.0721. The van der Waals surface area contributed by atoms with Gasteiger partial charge >= 0.3 is 5.97 Å². The van der Waals surface area contributed by atoms with E-state index in [-0.39, 0.29) is 5.92 Å². The molecule has 0 saturated carbocycles. The molecule has 0 saturated heterocycles. The average molecular weight is 273 g/mol. The molecule has 6 heteroatoms. The lowest BCUT2D eigenvalue weighted by atomic mass is 9.99. The number of amides is 1. The van der Waals surface area contributed by atoms with Crippen molar-refractivity contribution in [3.63, 3.8) is 0 Å². The molecule has 0 aromatic rings. The number of carbonyl (C=O) groups excluding carboxylic acids is 3. The lowest BCUT2D eigenvalue weighted by Crippen LogP contribution is -2.50. The van der Waals surface area contributed by atoms with E-state index in [1.165, 1.54) is 6.92 Å². The number of hydrogen-bond acceptors (Lipinski definition) is 4. The maximum Gasteiger partial charge on any atom is 0.315 e. The maximum atomic E-state index is 12.0. The third-order valence-corrected chi connectivity index (χ3v) is 3.29. The Morgan fingerprint density at radius 1 is 1.22 bits per heavy atom. The third kappa shape index (κ3) is 5.95. The highest BCUT2D eigenvalue weighted by Crippen LogP contribution is 2.13. The van der Waals surface area contributed by atoms with Crippen LogP contribution in [-0.4, -0.2) is 32.0 Å². The van der Waals surface area contributed by atoms with E-state index in [9.17, 15) is 14.4 Å². The molecule has 104 valence electrons. The molecule has 0 radical (unpaired) electrons. The van der Waals surface area contributed by atoms with Crippen molar-refractivity contribution < 1.29 is 18.8 Å². The third-order valence-electron chi connectivity index (χ3n) is 2.48. The molecule has 0 rings (SSSR count). The highest BCUT2D eigenvalue weighted by atomic mass is 28.4. The number of Topliss-reactive ketones (excluding diaryl/α,β-unsaturated/α-hetero) is 1. The molecule has 0 spiro atoms. The van der Waals surface area contributed by atoms with Gasteiger partial charge in [0, 0.05) is 6.92 Å². The summed E-state index contributed by atoms with van der Waals surface area (Å²) in [6.07, 6.45) is 0.712. The molecule has 2 unspecified atom stereocenters. The van der Waals surface area contributed by atoms with Crippen LogP contribution in [0.25, 0.3) is 0 Å². The van der Waals surface area contributed by atoms with Gasteiger partial charge in [-0.25, -0.2) is 0 Å². The highest BCUT2D eigenvalue weighted by molar-refractivity contribution is 6.71. The summed E-state index contributed by atoms with van der Waals surface area (Å²) in [5.41, 5.74) is 0. The number of carbonyl (C=O) groups is 3. The Balaban J connectivity index is 4.84. The van der Waals surface area contributed by atoms with Gasteiger partial charge < -0.3 is 9.74 Å². The Bertz CT molecular complexity index is 335. The van der Waals surface area contributed by atoms with Crippen LogP contribution in [0.4, 0.5) is 0 Å². The van der Waals surface area contributed by atoms with Crippen LogP contribution in [0.2, 0.25) is 19.6 Å². The van der Waals surface area contributed by atoms with Crippen LogP contribution in [0.15, 0.2) is 0 Å². The maximum absolute atomic E-state index is 12.0. The van der Waals surface area contributed by atoms with Crippen LogP contribution >= 0.6 is 0 Å². The minimum atomic E-state index is -2.01. The Morgan fingerprint density at radius 3 is 2.06 bits per heavy atom. The molecule has 0 fully saturated rings. The number of nitrogens with one attached hydrogen (secondary N) is 1. The molecule has 0 aliphatic rings. The highest BCUT2D eigenvalue weighted by Gasteiger charge is 2.31. The summed E-state index contributed by atoms with van der Waals surface area (Å²) < 4.78 is 5.38. The predicted octanol–water partition coefficient (Wildman–Crippen LogP) is 1.48. The van der Waals surface area contributed by atoms with Crippen LogP contribution in [-0.2, 0) is 18.8 Å². The van der Waals surface area contributed by atoms with Gasteiger partial charge in [-0.05, 0) is 25.6 Å². The van der Waals surface area contributed by atoms with Gasteiger partial charge in [0.25, 0.3) is 5.91 Å². The Morgan fingerprint density at radius 2 is 1.72 bits per heavy atom. The van der Waals surface area contributed by atoms with E-state index < -0.39 is 32.0 Å². The van der Waals surface area contributed by atoms with Gasteiger partial charge in [-0.3, -0.25) is 14.4 Å². The van der Waals surface area contributed by atoms with Crippen molar-refractivity contribution >= 4 is 26.0 Å². The minimum Gasteiger partial charge on any atom is -0.518 e. The molecule has 0 aliphatic carbocycles. The fourth-order valence-electron chi connectivity index (χ4n) is 1.28. The van der Waals surface area contributed by atoms with Gasteiger partial charge in [0.2, 0.25) is 14.1 Å². The summed E-state index contributed by atoms with van der Waals surface area (Å²) in [7, 11) is -2.01. The first-order valence-electron chi connectivity index (χ1n) is 6.12. The second kappa shape index (κ2) is 6.68. The molecule has 5 nitrogen and oxygen atoms in total. The summed E-state index contributed by atoms with van der Waals surface area (Å²) in [5, 5.41) is 2.45. The number of ketones is 1. The van der Waals surface area contributed by atoms with Crippen LogP contribution in [0.1, 0.15) is 27.2 Å². The van der Waals surface area contributed by atoms with Gasteiger partial charge in [0.1, 0.15) is 6.04 Å². The second-order valence-electron chi connectivity index (χ2n) is 5.43. The van der Waals surface area contributed by atoms with Crippen molar-refractivity contribution in [2.24, 2.45) is 5.92 Å². The van der Waals surface area contributed by atoms with Gasteiger partial charge in [0.15, 0.2) is 0 Å². The van der Waals surface area contributed by atoms with Crippen LogP contribution in [0.3, 0.4) is 0 Å². The number of rotatable bonds is 6. The molecule has 0 aliphatic heterocycles. The summed E-state index contributed by atoms with van der Waals surface area (Å²) in [4.78, 5) is 34.3. The molecule has 0 bridgehead atoms. The van der Waals surface area contributed by atoms with Gasteiger partial charge in [-0.1, -0.05) is 20.3 Å². The van der Waals surface area contributed by atoms with Crippen molar-refractivity contribution in [1.29, 1.82) is 0 Å². The van der Waals surface area contributed by atoms with Crippen molar-refractivity contribution in [3.8, 4) is 0 Å². The molecular weight excluding hydrogens is 250 g/mol. The fraction of sp³-hybridized carbons (Fsp3) is 0.750. The summed E-state index contributed by atoms with van der Waals surface area (Å²) in [5.74, 6) is -1.87. The second-order valence-corrected chi connectivity index (χ2v) is 9.86. The zero-order valence-corrected chi connectivity index (χ0v) is 13.0.